The Labute approximate surface area is 125 Å². The van der Waals surface area contributed by atoms with Gasteiger partial charge in [-0.05, 0) is 45.7 Å². The molecule has 0 atom stereocenters. The highest BCUT2D eigenvalue weighted by molar-refractivity contribution is 6.30. The van der Waals surface area contributed by atoms with Crippen molar-refractivity contribution in [2.45, 2.75) is 39.7 Å². The molecule has 1 aromatic heterocycles. The highest BCUT2D eigenvalue weighted by Crippen LogP contribution is 2.18. The van der Waals surface area contributed by atoms with Crippen molar-refractivity contribution >= 4 is 23.8 Å². The zero-order chi connectivity index (χ0) is 15.2. The topological polar surface area (TPSA) is 51.2 Å². The predicted molar refractivity (Wildman–Crippen MR) is 81.9 cm³/mol. The Morgan fingerprint density at radius 1 is 1.50 bits per heavy atom. The molecule has 0 unspecified atom stereocenters. The molecule has 0 saturated carbocycles. The fraction of sp³-hybridized carbons (Fsp3) is 0.467. The molecular formula is C15H21ClN2O2. The Balaban J connectivity index is 2.38. The highest BCUT2D eigenvalue weighted by Gasteiger charge is 2.15. The molecule has 20 heavy (non-hydrogen) atoms. The maximum Gasteiger partial charge on any atom is 0.407 e. The molecule has 4 nitrogen and oxygen atoms in total. The normalized spacial score (nSPS) is 11.7. The van der Waals surface area contributed by atoms with E-state index in [0.29, 0.717) is 18.1 Å². The lowest BCUT2D eigenvalue weighted by Gasteiger charge is -2.19. The third kappa shape index (κ3) is 6.06. The van der Waals surface area contributed by atoms with Crippen LogP contribution in [0.3, 0.4) is 0 Å². The molecule has 1 rings (SSSR count). The van der Waals surface area contributed by atoms with Crippen molar-refractivity contribution in [1.82, 2.24) is 10.3 Å². The molecule has 0 aromatic carbocycles. The minimum Gasteiger partial charge on any atom is -0.444 e. The Bertz CT molecular complexity index is 473. The van der Waals surface area contributed by atoms with Crippen molar-refractivity contribution in [1.29, 1.82) is 0 Å². The summed E-state index contributed by atoms with van der Waals surface area (Å²) >= 11 is 6.01. The second-order valence-electron chi connectivity index (χ2n) is 5.45. The van der Waals surface area contributed by atoms with Crippen LogP contribution in [0.25, 0.3) is 6.08 Å². The van der Waals surface area contributed by atoms with Gasteiger partial charge in [0.2, 0.25) is 0 Å². The summed E-state index contributed by atoms with van der Waals surface area (Å²) in [4.78, 5) is 15.4. The number of nitrogens with one attached hydrogen (secondary N) is 1. The van der Waals surface area contributed by atoms with Gasteiger partial charge in [0.1, 0.15) is 10.8 Å². The van der Waals surface area contributed by atoms with E-state index in [2.05, 4.69) is 10.3 Å². The number of ether oxygens (including phenoxy) is 1. The molecule has 1 aromatic rings. The number of nitrogens with zero attached hydrogens (tertiary/aromatic N) is 1. The molecule has 0 radical (unpaired) electrons. The average molecular weight is 297 g/mol. The van der Waals surface area contributed by atoms with Crippen LogP contribution in [0.4, 0.5) is 4.79 Å². The number of hydrogen-bond donors (Lipinski definition) is 1. The number of carbonyl (C=O) groups is 1. The third-order valence-electron chi connectivity index (χ3n) is 2.42. The van der Waals surface area contributed by atoms with Crippen molar-refractivity contribution in [3.63, 3.8) is 0 Å². The van der Waals surface area contributed by atoms with Crippen molar-refractivity contribution in [3.05, 3.63) is 34.6 Å². The van der Waals surface area contributed by atoms with Crippen LogP contribution in [0.5, 0.6) is 0 Å². The Morgan fingerprint density at radius 2 is 2.20 bits per heavy atom. The number of aromatic nitrogens is 1. The Kier molecular flexibility index (Phi) is 6.02. The first kappa shape index (κ1) is 16.5. The van der Waals surface area contributed by atoms with Crippen molar-refractivity contribution < 1.29 is 9.53 Å². The van der Waals surface area contributed by atoms with Gasteiger partial charge in [0, 0.05) is 18.3 Å². The van der Waals surface area contributed by atoms with Gasteiger partial charge in [-0.3, -0.25) is 0 Å². The molecule has 0 fully saturated rings. The van der Waals surface area contributed by atoms with Gasteiger partial charge in [0.15, 0.2) is 0 Å². The van der Waals surface area contributed by atoms with Crippen LogP contribution in [-0.4, -0.2) is 23.2 Å². The summed E-state index contributed by atoms with van der Waals surface area (Å²) in [5, 5.41) is 3.18. The first-order valence-corrected chi connectivity index (χ1v) is 6.92. The Morgan fingerprint density at radius 3 is 2.80 bits per heavy atom. The zero-order valence-electron chi connectivity index (χ0n) is 12.4. The average Bonchev–Trinajstić information content (AvgIpc) is 2.29. The number of rotatable bonds is 4. The first-order valence-electron chi connectivity index (χ1n) is 6.54. The molecule has 110 valence electrons. The van der Waals surface area contributed by atoms with E-state index >= 15 is 0 Å². The standard InChI is InChI=1S/C15H21ClN2O2/c1-11-8-10-17-13(16)12(11)7-5-6-9-18-14(19)20-15(2,3)4/h5,7-8,10H,6,9H2,1-4H3,(H,18,19). The summed E-state index contributed by atoms with van der Waals surface area (Å²) in [7, 11) is 0. The minimum atomic E-state index is -0.472. The maximum atomic E-state index is 11.4. The van der Waals surface area contributed by atoms with Crippen molar-refractivity contribution in [2.75, 3.05) is 6.54 Å². The monoisotopic (exact) mass is 296 g/mol. The van der Waals surface area contributed by atoms with Gasteiger partial charge in [-0.2, -0.15) is 0 Å². The lowest BCUT2D eigenvalue weighted by molar-refractivity contribution is 0.0529. The molecule has 1 amide bonds. The fourth-order valence-corrected chi connectivity index (χ4v) is 1.78. The van der Waals surface area contributed by atoms with E-state index in [9.17, 15) is 4.79 Å². The Hall–Kier alpha value is -1.55. The summed E-state index contributed by atoms with van der Waals surface area (Å²) in [6, 6.07) is 1.91. The summed E-state index contributed by atoms with van der Waals surface area (Å²) in [5.41, 5.74) is 1.51. The third-order valence-corrected chi connectivity index (χ3v) is 2.72. The maximum absolute atomic E-state index is 11.4. The molecule has 0 aliphatic heterocycles. The first-order chi connectivity index (χ1) is 9.29. The lowest BCUT2D eigenvalue weighted by Crippen LogP contribution is -2.32. The van der Waals surface area contributed by atoms with Crippen molar-refractivity contribution in [3.8, 4) is 0 Å². The van der Waals surface area contributed by atoms with E-state index in [1.165, 1.54) is 0 Å². The van der Waals surface area contributed by atoms with Crippen LogP contribution in [0, 0.1) is 6.92 Å². The van der Waals surface area contributed by atoms with Crippen molar-refractivity contribution in [2.24, 2.45) is 0 Å². The second kappa shape index (κ2) is 7.29. The lowest BCUT2D eigenvalue weighted by atomic mass is 10.1. The van der Waals surface area contributed by atoms with Gasteiger partial charge < -0.3 is 10.1 Å². The number of halogens is 1. The van der Waals surface area contributed by atoms with E-state index in [1.807, 2.05) is 45.9 Å². The number of alkyl carbamates (subject to hydrolysis) is 1. The second-order valence-corrected chi connectivity index (χ2v) is 5.81. The van der Waals surface area contributed by atoms with E-state index in [4.69, 9.17) is 16.3 Å². The van der Waals surface area contributed by atoms with Crippen LogP contribution in [-0.2, 0) is 4.74 Å². The molecule has 5 heteroatoms. The molecule has 0 bridgehead atoms. The quantitative estimate of drug-likeness (QED) is 0.675. The summed E-state index contributed by atoms with van der Waals surface area (Å²) in [6.07, 6.45) is 5.85. The van der Waals surface area contributed by atoms with E-state index in [-0.39, 0.29) is 0 Å². The molecule has 0 spiro atoms. The highest BCUT2D eigenvalue weighted by atomic mass is 35.5. The minimum absolute atomic E-state index is 0.401. The predicted octanol–water partition coefficient (Wildman–Crippen LogP) is 3.97. The van der Waals surface area contributed by atoms with Crippen LogP contribution < -0.4 is 5.32 Å². The molecule has 1 heterocycles. The number of carbonyl (C=O) groups excluding carboxylic acids is 1. The van der Waals surface area contributed by atoms with Gasteiger partial charge in [0.05, 0.1) is 0 Å². The van der Waals surface area contributed by atoms with Gasteiger partial charge in [-0.1, -0.05) is 23.8 Å². The SMILES string of the molecule is Cc1ccnc(Cl)c1C=CCCNC(=O)OC(C)(C)C. The number of aryl methyl sites for hydroxylation is 1. The summed E-state index contributed by atoms with van der Waals surface area (Å²) < 4.78 is 5.14. The van der Waals surface area contributed by atoms with Gasteiger partial charge >= 0.3 is 6.09 Å². The largest absolute Gasteiger partial charge is 0.444 e. The fourth-order valence-electron chi connectivity index (χ4n) is 1.51. The van der Waals surface area contributed by atoms with Crippen LogP contribution in [0.2, 0.25) is 5.15 Å². The van der Waals surface area contributed by atoms with Gasteiger partial charge in [-0.25, -0.2) is 9.78 Å². The molecule has 0 aliphatic carbocycles. The summed E-state index contributed by atoms with van der Waals surface area (Å²) in [6.45, 7) is 7.99. The number of hydrogen-bond acceptors (Lipinski definition) is 3. The van der Waals surface area contributed by atoms with Gasteiger partial charge in [0.25, 0.3) is 0 Å². The zero-order valence-corrected chi connectivity index (χ0v) is 13.1. The summed E-state index contributed by atoms with van der Waals surface area (Å²) in [5.74, 6) is 0. The van der Waals surface area contributed by atoms with Crippen LogP contribution in [0.1, 0.15) is 38.3 Å². The molecule has 0 aliphatic rings. The molecule has 0 saturated heterocycles. The smallest absolute Gasteiger partial charge is 0.407 e. The van der Waals surface area contributed by atoms with Gasteiger partial charge in [-0.15, -0.1) is 0 Å². The van der Waals surface area contributed by atoms with E-state index in [1.54, 1.807) is 6.20 Å². The van der Waals surface area contributed by atoms with Crippen LogP contribution >= 0.6 is 11.6 Å². The van der Waals surface area contributed by atoms with E-state index in [0.717, 1.165) is 11.1 Å². The number of pyridine rings is 1. The van der Waals surface area contributed by atoms with E-state index < -0.39 is 11.7 Å². The molecular weight excluding hydrogens is 276 g/mol. The molecule has 1 N–H and O–H groups in total. The van der Waals surface area contributed by atoms with Crippen LogP contribution in [0.15, 0.2) is 18.3 Å². The number of amides is 1.